The highest BCUT2D eigenvalue weighted by Crippen LogP contribution is 2.36. The zero-order valence-corrected chi connectivity index (χ0v) is 15.9. The lowest BCUT2D eigenvalue weighted by atomic mass is 10.1. The Bertz CT molecular complexity index is 763. The fourth-order valence-electron chi connectivity index (χ4n) is 1.87. The molecular weight excluding hydrogens is 483 g/mol. The Balaban J connectivity index is 1.95. The maximum atomic E-state index is 6.50. The third kappa shape index (κ3) is 3.47. The van der Waals surface area contributed by atoms with Gasteiger partial charge in [0.1, 0.15) is 15.4 Å². The number of hydrogen-bond donors (Lipinski definition) is 0. The summed E-state index contributed by atoms with van der Waals surface area (Å²) in [5.41, 5.74) is 2.08. The summed E-state index contributed by atoms with van der Waals surface area (Å²) in [5, 5.41) is 9.95. The highest BCUT2D eigenvalue weighted by Gasteiger charge is 2.17. The average molecular weight is 492 g/mol. The number of nitrogens with zero attached hydrogens (tertiary/aromatic N) is 2. The topological polar surface area (TPSA) is 25.8 Å². The van der Waals surface area contributed by atoms with Crippen molar-refractivity contribution >= 4 is 61.5 Å². The van der Waals surface area contributed by atoms with Crippen LogP contribution in [0.25, 0.3) is 10.6 Å². The van der Waals surface area contributed by atoms with E-state index < -0.39 is 0 Å². The first-order chi connectivity index (χ1) is 10.1. The molecule has 0 fully saturated rings. The van der Waals surface area contributed by atoms with Gasteiger partial charge in [-0.1, -0.05) is 57.6 Å². The van der Waals surface area contributed by atoms with Crippen molar-refractivity contribution in [2.45, 2.75) is 5.38 Å². The van der Waals surface area contributed by atoms with Gasteiger partial charge in [-0.15, -0.1) is 21.8 Å². The minimum atomic E-state index is -0.265. The molecule has 3 aromatic rings. The maximum Gasteiger partial charge on any atom is 0.149 e. The van der Waals surface area contributed by atoms with E-state index in [-0.39, 0.29) is 5.38 Å². The van der Waals surface area contributed by atoms with E-state index in [1.54, 1.807) is 0 Å². The molecule has 0 aliphatic heterocycles. The predicted molar refractivity (Wildman–Crippen MR) is 99.9 cm³/mol. The summed E-state index contributed by atoms with van der Waals surface area (Å²) in [7, 11) is 0. The van der Waals surface area contributed by atoms with Crippen molar-refractivity contribution in [1.82, 2.24) is 10.2 Å². The number of aromatic nitrogens is 2. The number of halogens is 3. The highest BCUT2D eigenvalue weighted by molar-refractivity contribution is 14.1. The minimum Gasteiger partial charge on any atom is -0.141 e. The summed E-state index contributed by atoms with van der Waals surface area (Å²) in [4.78, 5) is 0. The average Bonchev–Trinajstić information content (AvgIpc) is 2.99. The van der Waals surface area contributed by atoms with Gasteiger partial charge in [-0.3, -0.25) is 0 Å². The van der Waals surface area contributed by atoms with Crippen LogP contribution in [-0.2, 0) is 0 Å². The van der Waals surface area contributed by atoms with Gasteiger partial charge in [-0.05, 0) is 46.4 Å². The zero-order valence-electron chi connectivity index (χ0n) is 10.6. The molecular formula is C15H9BrClIN2S. The van der Waals surface area contributed by atoms with Gasteiger partial charge in [0, 0.05) is 13.6 Å². The van der Waals surface area contributed by atoms with Crippen LogP contribution in [-0.4, -0.2) is 10.2 Å². The molecule has 106 valence electrons. The van der Waals surface area contributed by atoms with E-state index in [9.17, 15) is 0 Å². The van der Waals surface area contributed by atoms with E-state index in [0.29, 0.717) is 0 Å². The van der Waals surface area contributed by atoms with Gasteiger partial charge in [-0.2, -0.15) is 0 Å². The fraction of sp³-hybridized carbons (Fsp3) is 0.0667. The van der Waals surface area contributed by atoms with E-state index in [2.05, 4.69) is 54.8 Å². The molecule has 1 atom stereocenters. The van der Waals surface area contributed by atoms with Gasteiger partial charge >= 0.3 is 0 Å². The smallest absolute Gasteiger partial charge is 0.141 e. The van der Waals surface area contributed by atoms with Crippen molar-refractivity contribution in [2.24, 2.45) is 0 Å². The summed E-state index contributed by atoms with van der Waals surface area (Å²) in [6, 6.07) is 16.1. The molecule has 2 nitrogen and oxygen atoms in total. The lowest BCUT2D eigenvalue weighted by Gasteiger charge is -2.04. The van der Waals surface area contributed by atoms with Crippen molar-refractivity contribution in [2.75, 3.05) is 0 Å². The van der Waals surface area contributed by atoms with Gasteiger partial charge < -0.3 is 0 Å². The molecule has 1 heterocycles. The molecule has 0 spiro atoms. The highest BCUT2D eigenvalue weighted by atomic mass is 127. The Morgan fingerprint density at radius 2 is 1.86 bits per heavy atom. The Morgan fingerprint density at radius 3 is 2.62 bits per heavy atom. The van der Waals surface area contributed by atoms with Crippen LogP contribution in [0.15, 0.2) is 53.0 Å². The first-order valence-corrected chi connectivity index (χ1v) is 9.25. The number of benzene rings is 2. The van der Waals surface area contributed by atoms with Gasteiger partial charge in [0.15, 0.2) is 0 Å². The van der Waals surface area contributed by atoms with Crippen LogP contribution in [0.5, 0.6) is 0 Å². The zero-order chi connectivity index (χ0) is 14.8. The molecule has 1 aromatic heterocycles. The monoisotopic (exact) mass is 490 g/mol. The van der Waals surface area contributed by atoms with E-state index in [1.807, 2.05) is 42.5 Å². The second-order valence-corrected chi connectivity index (χ2v) is 7.89. The lowest BCUT2D eigenvalue weighted by Crippen LogP contribution is -1.91. The molecule has 1 unspecified atom stereocenters. The van der Waals surface area contributed by atoms with Crippen molar-refractivity contribution < 1.29 is 0 Å². The molecule has 6 heteroatoms. The molecule has 0 aliphatic carbocycles. The molecule has 0 bridgehead atoms. The molecule has 0 aliphatic rings. The third-order valence-electron chi connectivity index (χ3n) is 2.91. The fourth-order valence-corrected chi connectivity index (χ4v) is 4.13. The van der Waals surface area contributed by atoms with E-state index in [0.717, 1.165) is 29.2 Å². The summed E-state index contributed by atoms with van der Waals surface area (Å²) in [5.74, 6) is 0. The first-order valence-electron chi connectivity index (χ1n) is 6.13. The Labute approximate surface area is 153 Å². The van der Waals surface area contributed by atoms with Gasteiger partial charge in [0.05, 0.1) is 0 Å². The number of alkyl halides is 1. The van der Waals surface area contributed by atoms with Gasteiger partial charge in [-0.25, -0.2) is 0 Å². The lowest BCUT2D eigenvalue weighted by molar-refractivity contribution is 0.988. The van der Waals surface area contributed by atoms with E-state index in [4.69, 9.17) is 11.6 Å². The Morgan fingerprint density at radius 1 is 1.10 bits per heavy atom. The Kier molecular flexibility index (Phi) is 4.93. The maximum absolute atomic E-state index is 6.50. The SMILES string of the molecule is ClC(c1ccccc1)c1nnc(-c2cc(I)ccc2Br)s1. The van der Waals surface area contributed by atoms with Crippen LogP contribution >= 0.6 is 61.5 Å². The Hall–Kier alpha value is -0.500. The molecule has 0 amide bonds. The molecule has 0 saturated heterocycles. The molecule has 2 aromatic carbocycles. The normalized spacial score (nSPS) is 12.3. The second kappa shape index (κ2) is 6.73. The standard InChI is InChI=1S/C15H9BrClIN2S/c16-12-7-6-10(18)8-11(12)14-19-20-15(21-14)13(17)9-4-2-1-3-5-9/h1-8,13H. The van der Waals surface area contributed by atoms with Crippen LogP contribution in [0.2, 0.25) is 0 Å². The molecule has 21 heavy (non-hydrogen) atoms. The van der Waals surface area contributed by atoms with Crippen molar-refractivity contribution in [3.63, 3.8) is 0 Å². The van der Waals surface area contributed by atoms with Crippen LogP contribution in [0.3, 0.4) is 0 Å². The largest absolute Gasteiger partial charge is 0.149 e. The van der Waals surface area contributed by atoms with Crippen LogP contribution in [0, 0.1) is 3.57 Å². The molecule has 0 saturated carbocycles. The minimum absolute atomic E-state index is 0.265. The van der Waals surface area contributed by atoms with E-state index in [1.165, 1.54) is 11.3 Å². The summed E-state index contributed by atoms with van der Waals surface area (Å²) in [6.45, 7) is 0. The van der Waals surface area contributed by atoms with Crippen molar-refractivity contribution in [1.29, 1.82) is 0 Å². The predicted octanol–water partition coefficient (Wildman–Crippen LogP) is 5.90. The molecule has 0 N–H and O–H groups in total. The summed E-state index contributed by atoms with van der Waals surface area (Å²) < 4.78 is 2.17. The van der Waals surface area contributed by atoms with Crippen LogP contribution < -0.4 is 0 Å². The summed E-state index contributed by atoms with van der Waals surface area (Å²) in [6.07, 6.45) is 0. The van der Waals surface area contributed by atoms with Crippen LogP contribution in [0.1, 0.15) is 15.9 Å². The quantitative estimate of drug-likeness (QED) is 0.337. The van der Waals surface area contributed by atoms with Crippen LogP contribution in [0.4, 0.5) is 0 Å². The second-order valence-electron chi connectivity index (χ2n) is 4.34. The van der Waals surface area contributed by atoms with Crippen molar-refractivity contribution in [3.05, 3.63) is 67.1 Å². The van der Waals surface area contributed by atoms with Gasteiger partial charge in [0.2, 0.25) is 0 Å². The molecule has 0 radical (unpaired) electrons. The van der Waals surface area contributed by atoms with Crippen molar-refractivity contribution in [3.8, 4) is 10.6 Å². The van der Waals surface area contributed by atoms with E-state index >= 15 is 0 Å². The number of rotatable bonds is 3. The van der Waals surface area contributed by atoms with Gasteiger partial charge in [0.25, 0.3) is 0 Å². The summed E-state index contributed by atoms with van der Waals surface area (Å²) >= 11 is 13.9. The number of hydrogen-bond acceptors (Lipinski definition) is 3. The molecule has 3 rings (SSSR count). The third-order valence-corrected chi connectivity index (χ3v) is 5.88. The first kappa shape index (κ1) is 15.4.